The van der Waals surface area contributed by atoms with Crippen molar-refractivity contribution in [2.75, 3.05) is 38.1 Å². The van der Waals surface area contributed by atoms with Crippen molar-refractivity contribution >= 4 is 23.3 Å². The van der Waals surface area contributed by atoms with E-state index < -0.39 is 6.43 Å². The molecule has 0 saturated carbocycles. The molecule has 1 saturated heterocycles. The van der Waals surface area contributed by atoms with E-state index in [4.69, 9.17) is 0 Å². The van der Waals surface area contributed by atoms with Crippen molar-refractivity contribution in [1.29, 1.82) is 0 Å². The number of aryl methyl sites for hydroxylation is 2. The van der Waals surface area contributed by atoms with E-state index >= 15 is 0 Å². The van der Waals surface area contributed by atoms with Gasteiger partial charge >= 0.3 is 6.03 Å². The van der Waals surface area contributed by atoms with Crippen LogP contribution in [0.3, 0.4) is 0 Å². The number of anilines is 2. The number of alkyl halides is 2. The van der Waals surface area contributed by atoms with Crippen LogP contribution in [0.15, 0.2) is 49.3 Å². The summed E-state index contributed by atoms with van der Waals surface area (Å²) >= 11 is 0. The van der Waals surface area contributed by atoms with Gasteiger partial charge in [0.05, 0.1) is 6.20 Å². The molecule has 226 valence electrons. The highest BCUT2D eigenvalue weighted by Gasteiger charge is 2.31. The first-order chi connectivity index (χ1) is 20.8. The van der Waals surface area contributed by atoms with Crippen LogP contribution in [-0.2, 0) is 31.2 Å². The molecule has 6 rings (SSSR count). The lowest BCUT2D eigenvalue weighted by Crippen LogP contribution is -2.42. The van der Waals surface area contributed by atoms with Crippen LogP contribution in [0.5, 0.6) is 0 Å². The van der Waals surface area contributed by atoms with Crippen molar-refractivity contribution in [2.24, 2.45) is 7.05 Å². The third-order valence-corrected chi connectivity index (χ3v) is 9.21. The molecule has 1 fully saturated rings. The van der Waals surface area contributed by atoms with E-state index in [1.165, 1.54) is 17.2 Å². The maximum absolute atomic E-state index is 14.6. The first-order valence-electron chi connectivity index (χ1n) is 15.0. The molecule has 10 heteroatoms. The fourth-order valence-corrected chi connectivity index (χ4v) is 6.93. The quantitative estimate of drug-likeness (QED) is 0.389. The number of fused-ring (bicyclic) bond motifs is 2. The number of halogens is 2. The Labute approximate surface area is 250 Å². The highest BCUT2D eigenvalue weighted by atomic mass is 19.3. The van der Waals surface area contributed by atoms with Crippen LogP contribution in [-0.4, -0.2) is 64.7 Å². The Morgan fingerprint density at radius 1 is 1.02 bits per heavy atom. The molecule has 0 radical (unpaired) electrons. The Bertz CT molecular complexity index is 1560. The Morgan fingerprint density at radius 3 is 2.49 bits per heavy atom. The molecule has 0 unspecified atom stereocenters. The predicted octanol–water partition coefficient (Wildman–Crippen LogP) is 5.70. The van der Waals surface area contributed by atoms with Gasteiger partial charge in [0.2, 0.25) is 5.91 Å². The number of amides is 3. The van der Waals surface area contributed by atoms with E-state index in [0.717, 1.165) is 54.6 Å². The minimum Gasteiger partial charge on any atom is -0.341 e. The highest BCUT2D eigenvalue weighted by Crippen LogP contribution is 2.44. The summed E-state index contributed by atoms with van der Waals surface area (Å²) < 4.78 is 30.8. The zero-order valence-corrected chi connectivity index (χ0v) is 24.8. The molecule has 3 amide bonds. The fourth-order valence-electron chi connectivity index (χ4n) is 6.93. The van der Waals surface area contributed by atoms with Gasteiger partial charge in [0.1, 0.15) is 0 Å². The fraction of sp³-hybridized carbons (Fsp3) is 0.424. The third kappa shape index (κ3) is 5.50. The predicted molar refractivity (Wildman–Crippen MR) is 163 cm³/mol. The van der Waals surface area contributed by atoms with Gasteiger partial charge < -0.3 is 20.0 Å². The second kappa shape index (κ2) is 11.8. The zero-order chi connectivity index (χ0) is 30.2. The van der Waals surface area contributed by atoms with Gasteiger partial charge in [-0.2, -0.15) is 5.10 Å². The molecule has 4 heterocycles. The standard InChI is InChI=1S/C33H38F2N6O2/c1-4-31(42)39-11-7-21(8-12-39)24-14-22-9-13-40(33(43)36-2)20-28(22)30(16-24)41-10-5-6-23-15-26(25-18-37-38(3)19-25)27(32(34)35)17-29(23)41/h4,14-19,21,32H,1,5-13,20H2,2-3H3,(H,36,43). The van der Waals surface area contributed by atoms with Gasteiger partial charge in [0, 0.05) is 75.5 Å². The Morgan fingerprint density at radius 2 is 1.81 bits per heavy atom. The lowest BCUT2D eigenvalue weighted by molar-refractivity contribution is -0.127. The van der Waals surface area contributed by atoms with E-state index in [1.807, 2.05) is 15.9 Å². The molecule has 8 nitrogen and oxygen atoms in total. The van der Waals surface area contributed by atoms with Crippen molar-refractivity contribution in [3.05, 3.63) is 77.1 Å². The van der Waals surface area contributed by atoms with Crippen molar-refractivity contribution in [3.8, 4) is 11.1 Å². The van der Waals surface area contributed by atoms with Gasteiger partial charge in [0.15, 0.2) is 0 Å². The summed E-state index contributed by atoms with van der Waals surface area (Å²) in [5, 5.41) is 6.96. The summed E-state index contributed by atoms with van der Waals surface area (Å²) in [5.74, 6) is 0.244. The second-order valence-corrected chi connectivity index (χ2v) is 11.7. The molecular weight excluding hydrogens is 550 g/mol. The molecule has 0 spiro atoms. The average Bonchev–Trinajstić information content (AvgIpc) is 3.48. The summed E-state index contributed by atoms with van der Waals surface area (Å²) in [6, 6.07) is 7.95. The molecule has 2 aromatic carbocycles. The number of benzene rings is 2. The maximum Gasteiger partial charge on any atom is 0.317 e. The Balaban J connectivity index is 1.44. The van der Waals surface area contributed by atoms with Crippen molar-refractivity contribution in [2.45, 2.75) is 51.0 Å². The minimum absolute atomic E-state index is 0.00471. The van der Waals surface area contributed by atoms with E-state index in [-0.39, 0.29) is 23.4 Å². The highest BCUT2D eigenvalue weighted by molar-refractivity contribution is 5.87. The molecule has 3 aromatic rings. The molecule has 0 bridgehead atoms. The van der Waals surface area contributed by atoms with Gasteiger partial charge in [-0.15, -0.1) is 0 Å². The van der Waals surface area contributed by atoms with Crippen molar-refractivity contribution in [3.63, 3.8) is 0 Å². The number of piperidine rings is 1. The van der Waals surface area contributed by atoms with Crippen molar-refractivity contribution in [1.82, 2.24) is 24.9 Å². The van der Waals surface area contributed by atoms with Gasteiger partial charge in [0.25, 0.3) is 6.43 Å². The molecular formula is C33H38F2N6O2. The second-order valence-electron chi connectivity index (χ2n) is 11.7. The summed E-state index contributed by atoms with van der Waals surface area (Å²) in [7, 11) is 3.42. The van der Waals surface area contributed by atoms with E-state index in [9.17, 15) is 18.4 Å². The maximum atomic E-state index is 14.6. The zero-order valence-electron chi connectivity index (χ0n) is 24.8. The Kier molecular flexibility index (Phi) is 7.94. The third-order valence-electron chi connectivity index (χ3n) is 9.21. The molecule has 3 aliphatic heterocycles. The number of nitrogens with one attached hydrogen (secondary N) is 1. The molecule has 0 aliphatic carbocycles. The van der Waals surface area contributed by atoms with Gasteiger partial charge in [-0.05, 0) is 90.1 Å². The van der Waals surface area contributed by atoms with E-state index in [2.05, 4.69) is 34.0 Å². The van der Waals surface area contributed by atoms with Crippen LogP contribution in [0.4, 0.5) is 25.0 Å². The number of likely N-dealkylation sites (tertiary alicyclic amines) is 1. The number of urea groups is 1. The van der Waals surface area contributed by atoms with Gasteiger partial charge in [-0.25, -0.2) is 13.6 Å². The average molecular weight is 589 g/mol. The van der Waals surface area contributed by atoms with Crippen LogP contribution in [0, 0.1) is 0 Å². The number of rotatable bonds is 5. The van der Waals surface area contributed by atoms with Gasteiger partial charge in [-0.1, -0.05) is 12.6 Å². The van der Waals surface area contributed by atoms with E-state index in [0.29, 0.717) is 43.9 Å². The SMILES string of the molecule is C=CC(=O)N1CCC(c2cc3c(c(N4CCCc5cc(-c6cnn(C)c6)c(C(F)F)cc54)c2)CN(C(=O)NC)CC3)CC1. The van der Waals surface area contributed by atoms with Crippen LogP contribution < -0.4 is 10.2 Å². The molecule has 3 aliphatic rings. The van der Waals surface area contributed by atoms with Crippen molar-refractivity contribution < 1.29 is 18.4 Å². The van der Waals surface area contributed by atoms with Gasteiger partial charge in [-0.3, -0.25) is 9.48 Å². The van der Waals surface area contributed by atoms with Crippen LogP contribution in [0.25, 0.3) is 11.1 Å². The first-order valence-corrected chi connectivity index (χ1v) is 15.0. The van der Waals surface area contributed by atoms with Crippen LogP contribution >= 0.6 is 0 Å². The minimum atomic E-state index is -2.64. The number of carbonyl (C=O) groups is 2. The topological polar surface area (TPSA) is 73.7 Å². The summed E-state index contributed by atoms with van der Waals surface area (Å²) in [5.41, 5.74) is 7.50. The number of aromatic nitrogens is 2. The molecule has 1 N–H and O–H groups in total. The summed E-state index contributed by atoms with van der Waals surface area (Å²) in [6.07, 6.45) is 6.24. The van der Waals surface area contributed by atoms with Crippen LogP contribution in [0.1, 0.15) is 59.4 Å². The monoisotopic (exact) mass is 588 g/mol. The number of hydrogen-bond donors (Lipinski definition) is 1. The largest absolute Gasteiger partial charge is 0.341 e. The van der Waals surface area contributed by atoms with Crippen LogP contribution in [0.2, 0.25) is 0 Å². The lowest BCUT2D eigenvalue weighted by Gasteiger charge is -2.39. The Hall–Kier alpha value is -4.21. The molecule has 0 atom stereocenters. The smallest absolute Gasteiger partial charge is 0.317 e. The molecule has 43 heavy (non-hydrogen) atoms. The number of carbonyl (C=O) groups excluding carboxylic acids is 2. The normalized spacial score (nSPS) is 17.1. The molecule has 1 aromatic heterocycles. The number of nitrogens with zero attached hydrogens (tertiary/aromatic N) is 5. The number of hydrogen-bond acceptors (Lipinski definition) is 4. The first kappa shape index (κ1) is 28.9. The lowest BCUT2D eigenvalue weighted by atomic mass is 9.84. The summed E-state index contributed by atoms with van der Waals surface area (Å²) in [4.78, 5) is 30.7. The summed E-state index contributed by atoms with van der Waals surface area (Å²) in [6.45, 7) is 6.75. The van der Waals surface area contributed by atoms with E-state index in [1.54, 1.807) is 37.2 Å².